The van der Waals surface area contributed by atoms with Crippen molar-refractivity contribution in [3.8, 4) is 0 Å². The number of rotatable bonds is 5. The van der Waals surface area contributed by atoms with E-state index in [0.717, 1.165) is 0 Å². The van der Waals surface area contributed by atoms with Crippen LogP contribution in [-0.2, 0) is 24.9 Å². The number of hydrogen-bond donors (Lipinski definition) is 1. The van der Waals surface area contributed by atoms with Gasteiger partial charge in [-0.3, -0.25) is 0 Å². The van der Waals surface area contributed by atoms with Crippen molar-refractivity contribution in [3.05, 3.63) is 20.0 Å². The summed E-state index contributed by atoms with van der Waals surface area (Å²) in [5, 5.41) is 7.37. The first-order valence-corrected chi connectivity index (χ1v) is 19.7. The van der Waals surface area contributed by atoms with E-state index in [2.05, 4.69) is 92.7 Å². The molecule has 2 nitrogen and oxygen atoms in total. The Morgan fingerprint density at radius 1 is 1.08 bits per heavy atom. The minimum atomic E-state index is -1.57. The van der Waals surface area contributed by atoms with Crippen LogP contribution in [-0.4, -0.2) is 35.1 Å². The SMILES string of the molecule is CC[Si](C)(C)[Si]1(C)C2=[C]([Ti+2])C(O[Si](C)(C)C)C(NC(C)(C)C)=C21.[Cl-].[Cl-]. The molecule has 2 aliphatic rings. The average Bonchev–Trinajstić information content (AvgIpc) is 2.90. The molecule has 1 fully saturated rings. The summed E-state index contributed by atoms with van der Waals surface area (Å²) in [7, 11) is -4.10. The van der Waals surface area contributed by atoms with Gasteiger partial charge in [0.25, 0.3) is 0 Å². The molecule has 0 radical (unpaired) electrons. The van der Waals surface area contributed by atoms with Gasteiger partial charge in [-0.05, 0) is 0 Å². The zero-order chi connectivity index (χ0) is 18.0. The Kier molecular flexibility index (Phi) is 8.27. The molecule has 25 heavy (non-hydrogen) atoms. The summed E-state index contributed by atoms with van der Waals surface area (Å²) in [6.07, 6.45) is 0.202. The monoisotopic (exact) mass is 470 g/mol. The van der Waals surface area contributed by atoms with Crippen LogP contribution in [0.5, 0.6) is 0 Å². The van der Waals surface area contributed by atoms with Gasteiger partial charge in [-0.25, -0.2) is 0 Å². The summed E-state index contributed by atoms with van der Waals surface area (Å²) in [6, 6.07) is 1.39. The Labute approximate surface area is 182 Å². The fourth-order valence-electron chi connectivity index (χ4n) is 3.62. The number of halogens is 2. The summed E-state index contributed by atoms with van der Waals surface area (Å²) in [4.78, 5) is 0. The van der Waals surface area contributed by atoms with Crippen molar-refractivity contribution < 1.29 is 49.7 Å². The van der Waals surface area contributed by atoms with Gasteiger partial charge in [0.05, 0.1) is 0 Å². The smallest absolute Gasteiger partial charge is 1.00 e. The number of fused-ring (bicyclic) bond motifs is 1. The molecular formula is C17H34Cl2NOSi3Ti. The van der Waals surface area contributed by atoms with Crippen LogP contribution in [0.2, 0.25) is 45.3 Å². The fourth-order valence-corrected chi connectivity index (χ4v) is 20.2. The number of allylic oxidation sites excluding steroid dienone is 2. The van der Waals surface area contributed by atoms with Gasteiger partial charge in [-0.15, -0.1) is 0 Å². The maximum Gasteiger partial charge on any atom is -1.00 e. The van der Waals surface area contributed by atoms with Crippen molar-refractivity contribution in [1.29, 1.82) is 0 Å². The van der Waals surface area contributed by atoms with E-state index in [1.807, 2.05) is 0 Å². The molecule has 2 rings (SSSR count). The van der Waals surface area contributed by atoms with E-state index >= 15 is 0 Å². The van der Waals surface area contributed by atoms with E-state index in [1.54, 1.807) is 10.4 Å². The maximum atomic E-state index is 6.61. The van der Waals surface area contributed by atoms with Crippen LogP contribution in [0, 0.1) is 0 Å². The zero-order valence-electron chi connectivity index (χ0n) is 17.4. The van der Waals surface area contributed by atoms with Gasteiger partial charge in [0, 0.05) is 0 Å². The topological polar surface area (TPSA) is 21.3 Å². The van der Waals surface area contributed by atoms with Crippen molar-refractivity contribution in [2.24, 2.45) is 0 Å². The van der Waals surface area contributed by atoms with E-state index < -0.39 is 23.5 Å². The molecule has 1 heterocycles. The van der Waals surface area contributed by atoms with E-state index in [0.29, 0.717) is 0 Å². The van der Waals surface area contributed by atoms with Crippen molar-refractivity contribution in [3.63, 3.8) is 0 Å². The molecule has 0 aromatic heterocycles. The second-order valence-electron chi connectivity index (χ2n) is 9.93. The molecule has 8 heteroatoms. The first kappa shape index (κ1) is 26.2. The molecule has 0 saturated carbocycles. The van der Waals surface area contributed by atoms with E-state index in [4.69, 9.17) is 4.43 Å². The summed E-state index contributed by atoms with van der Waals surface area (Å²) in [5.41, 5.74) is 1.53. The quantitative estimate of drug-likeness (QED) is 0.501. The molecule has 143 valence electrons. The Morgan fingerprint density at radius 3 is 1.92 bits per heavy atom. The van der Waals surface area contributed by atoms with E-state index in [-0.39, 0.29) is 36.5 Å². The number of nitrogens with one attached hydrogen (secondary N) is 1. The van der Waals surface area contributed by atoms with Gasteiger partial charge in [0.2, 0.25) is 0 Å². The van der Waals surface area contributed by atoms with Gasteiger partial charge in [-0.2, -0.15) is 0 Å². The summed E-state index contributed by atoms with van der Waals surface area (Å²) < 4.78 is 8.15. The Morgan fingerprint density at radius 2 is 1.56 bits per heavy atom. The minimum absolute atomic E-state index is 0. The Balaban J connectivity index is 0.00000288. The van der Waals surface area contributed by atoms with Crippen molar-refractivity contribution in [1.82, 2.24) is 5.32 Å². The molecule has 1 aliphatic carbocycles. The van der Waals surface area contributed by atoms with E-state index in [1.165, 1.54) is 15.6 Å². The van der Waals surface area contributed by atoms with Crippen LogP contribution >= 0.6 is 0 Å². The Hall–Kier alpha value is 1.18. The van der Waals surface area contributed by atoms with Crippen LogP contribution in [0.15, 0.2) is 20.0 Å². The van der Waals surface area contributed by atoms with Gasteiger partial charge >= 0.3 is 158 Å². The molecule has 1 aliphatic heterocycles. The second kappa shape index (κ2) is 7.90. The van der Waals surface area contributed by atoms with Crippen LogP contribution in [0.4, 0.5) is 0 Å². The van der Waals surface area contributed by atoms with Crippen LogP contribution in [0.3, 0.4) is 0 Å². The second-order valence-corrected chi connectivity index (χ2v) is 30.0. The fraction of sp³-hybridized carbons (Fsp3) is 0.765. The molecule has 0 spiro atoms. The third-order valence-electron chi connectivity index (χ3n) is 5.47. The Bertz CT molecular complexity index is 594. The van der Waals surface area contributed by atoms with Crippen molar-refractivity contribution in [2.45, 2.75) is 84.7 Å². The van der Waals surface area contributed by atoms with Gasteiger partial charge in [0.1, 0.15) is 0 Å². The summed E-state index contributed by atoms with van der Waals surface area (Å²) in [6.45, 7) is 24.0. The molecular weight excluding hydrogens is 437 g/mol. The van der Waals surface area contributed by atoms with Gasteiger partial charge in [-0.1, -0.05) is 0 Å². The molecule has 0 bridgehead atoms. The summed E-state index contributed by atoms with van der Waals surface area (Å²) in [5.74, 6) is 0. The first-order valence-electron chi connectivity index (χ1n) is 8.83. The van der Waals surface area contributed by atoms with Crippen LogP contribution < -0.4 is 30.1 Å². The zero-order valence-corrected chi connectivity index (χ0v) is 23.5. The first-order chi connectivity index (χ1) is 10.2. The van der Waals surface area contributed by atoms with Crippen LogP contribution in [0.25, 0.3) is 0 Å². The normalized spacial score (nSPS) is 26.2. The summed E-state index contributed by atoms with van der Waals surface area (Å²) >= 11 is 2.34. The maximum absolute atomic E-state index is 6.61. The predicted molar refractivity (Wildman–Crippen MR) is 105 cm³/mol. The standard InChI is InChI=1S/C17H34NOSi3.2ClH.Ti/c1-11-21(8,9)22(10)14-12-13(19-20(5,6)7)15(16(14)22)18-17(2,3)4;;;/h13,18H,11H2,1-10H3;2*1H;/q;;;+2/p-2. The van der Waals surface area contributed by atoms with Gasteiger partial charge in [0.15, 0.2) is 0 Å². The van der Waals surface area contributed by atoms with Crippen molar-refractivity contribution in [2.75, 3.05) is 0 Å². The number of hydrogen-bond acceptors (Lipinski definition) is 2. The molecule has 0 aromatic rings. The molecule has 0 amide bonds. The molecule has 1 saturated heterocycles. The molecule has 2 unspecified atom stereocenters. The largest absolute Gasteiger partial charge is 1.00 e. The molecule has 1 N–H and O–H groups in total. The van der Waals surface area contributed by atoms with E-state index in [9.17, 15) is 0 Å². The van der Waals surface area contributed by atoms with Crippen LogP contribution in [0.1, 0.15) is 27.7 Å². The predicted octanol–water partition coefficient (Wildman–Crippen LogP) is -1.35. The minimum Gasteiger partial charge on any atom is -1.00 e. The van der Waals surface area contributed by atoms with Gasteiger partial charge < -0.3 is 24.8 Å². The van der Waals surface area contributed by atoms with Crippen molar-refractivity contribution >= 4 is 23.5 Å². The third-order valence-corrected chi connectivity index (χ3v) is 25.5. The molecule has 0 aromatic carbocycles. The molecule has 2 atom stereocenters. The average molecular weight is 471 g/mol. The third kappa shape index (κ3) is 4.79.